The lowest BCUT2D eigenvalue weighted by molar-refractivity contribution is 0.192. The molecule has 1 aromatic carbocycles. The van der Waals surface area contributed by atoms with E-state index in [1.165, 1.54) is 0 Å². The Hall–Kier alpha value is -0.430. The molecule has 1 heterocycles. The Balaban J connectivity index is 2.35. The molecule has 0 amide bonds. The third-order valence-corrected chi connectivity index (χ3v) is 6.42. The number of sulfonamides is 1. The minimum Gasteiger partial charge on any atom is -0.396 e. The van der Waals surface area contributed by atoms with E-state index in [1.54, 1.807) is 28.6 Å². The van der Waals surface area contributed by atoms with E-state index in [2.05, 4.69) is 15.9 Å². The molecule has 0 bridgehead atoms. The molecule has 106 valence electrons. The topological polar surface area (TPSA) is 57.6 Å². The van der Waals surface area contributed by atoms with Crippen LogP contribution in [0.1, 0.15) is 25.7 Å². The Labute approximate surface area is 122 Å². The fraction of sp³-hybridized carbons (Fsp3) is 0.538. The van der Waals surface area contributed by atoms with Crippen molar-refractivity contribution in [2.45, 2.75) is 36.6 Å². The Morgan fingerprint density at radius 1 is 1.32 bits per heavy atom. The highest BCUT2D eigenvalue weighted by Crippen LogP contribution is 2.30. The highest BCUT2D eigenvalue weighted by atomic mass is 79.9. The molecule has 1 aliphatic rings. The van der Waals surface area contributed by atoms with Gasteiger partial charge in [0, 0.05) is 23.7 Å². The van der Waals surface area contributed by atoms with Crippen LogP contribution < -0.4 is 0 Å². The van der Waals surface area contributed by atoms with Crippen molar-refractivity contribution in [3.05, 3.63) is 28.7 Å². The lowest BCUT2D eigenvalue weighted by Crippen LogP contribution is -2.44. The van der Waals surface area contributed by atoms with Gasteiger partial charge in [0.1, 0.15) is 0 Å². The van der Waals surface area contributed by atoms with Crippen molar-refractivity contribution in [1.29, 1.82) is 0 Å². The molecule has 0 radical (unpaired) electrons. The highest BCUT2D eigenvalue weighted by Gasteiger charge is 2.33. The van der Waals surface area contributed by atoms with Crippen molar-refractivity contribution in [2.24, 2.45) is 0 Å². The summed E-state index contributed by atoms with van der Waals surface area (Å²) in [6.07, 6.45) is 3.23. The number of hydrogen-bond acceptors (Lipinski definition) is 3. The number of piperidine rings is 1. The van der Waals surface area contributed by atoms with Gasteiger partial charge in [-0.05, 0) is 47.3 Å². The summed E-state index contributed by atoms with van der Waals surface area (Å²) in [4.78, 5) is 0.305. The molecule has 1 aromatic rings. The minimum absolute atomic E-state index is 0.0205. The number of aliphatic hydroxyl groups excluding tert-OH is 1. The van der Waals surface area contributed by atoms with Gasteiger partial charge in [-0.3, -0.25) is 0 Å². The minimum atomic E-state index is -3.49. The van der Waals surface area contributed by atoms with Crippen LogP contribution in [0.25, 0.3) is 0 Å². The standard InChI is InChI=1S/C13H18BrNO3S/c14-12-6-1-2-7-13(12)19(17,18)15-9-4-3-5-11(15)8-10-16/h1-2,6-7,11,16H,3-5,8-10H2. The zero-order chi connectivity index (χ0) is 13.9. The zero-order valence-electron chi connectivity index (χ0n) is 10.6. The average molecular weight is 348 g/mol. The van der Waals surface area contributed by atoms with Crippen LogP contribution in [0.5, 0.6) is 0 Å². The zero-order valence-corrected chi connectivity index (χ0v) is 13.0. The molecular weight excluding hydrogens is 330 g/mol. The fourth-order valence-electron chi connectivity index (χ4n) is 2.51. The third kappa shape index (κ3) is 3.18. The largest absolute Gasteiger partial charge is 0.396 e. The quantitative estimate of drug-likeness (QED) is 0.909. The van der Waals surface area contributed by atoms with Crippen LogP contribution in [0.15, 0.2) is 33.6 Å². The molecule has 0 saturated carbocycles. The van der Waals surface area contributed by atoms with Gasteiger partial charge in [0.05, 0.1) is 4.90 Å². The lowest BCUT2D eigenvalue weighted by atomic mass is 10.0. The maximum absolute atomic E-state index is 12.7. The summed E-state index contributed by atoms with van der Waals surface area (Å²) in [6.45, 7) is 0.557. The Bertz CT molecular complexity index is 530. The summed E-state index contributed by atoms with van der Waals surface area (Å²) < 4.78 is 27.6. The average Bonchev–Trinajstić information content (AvgIpc) is 2.40. The van der Waals surface area contributed by atoms with Crippen molar-refractivity contribution in [3.63, 3.8) is 0 Å². The van der Waals surface area contributed by atoms with E-state index in [0.717, 1.165) is 19.3 Å². The van der Waals surface area contributed by atoms with Crippen LogP contribution in [0.3, 0.4) is 0 Å². The number of nitrogens with zero attached hydrogens (tertiary/aromatic N) is 1. The number of benzene rings is 1. The predicted octanol–water partition coefficient (Wildman–Crippen LogP) is 2.37. The van der Waals surface area contributed by atoms with E-state index < -0.39 is 10.0 Å². The first-order valence-electron chi connectivity index (χ1n) is 6.44. The van der Waals surface area contributed by atoms with E-state index >= 15 is 0 Å². The third-order valence-electron chi connectivity index (χ3n) is 3.46. The molecule has 0 aromatic heterocycles. The van der Waals surface area contributed by atoms with Gasteiger partial charge in [-0.25, -0.2) is 8.42 Å². The van der Waals surface area contributed by atoms with Gasteiger partial charge in [0.25, 0.3) is 0 Å². The monoisotopic (exact) mass is 347 g/mol. The fourth-order valence-corrected chi connectivity index (χ4v) is 5.20. The number of hydrogen-bond donors (Lipinski definition) is 1. The number of rotatable bonds is 4. The van der Waals surface area contributed by atoms with Gasteiger partial charge in [-0.15, -0.1) is 0 Å². The summed E-state index contributed by atoms with van der Waals surface area (Å²) in [5.74, 6) is 0. The van der Waals surface area contributed by atoms with Crippen molar-refractivity contribution in [2.75, 3.05) is 13.2 Å². The van der Waals surface area contributed by atoms with Gasteiger partial charge in [-0.1, -0.05) is 18.6 Å². The van der Waals surface area contributed by atoms with E-state index in [4.69, 9.17) is 5.11 Å². The van der Waals surface area contributed by atoms with E-state index in [9.17, 15) is 8.42 Å². The molecule has 4 nitrogen and oxygen atoms in total. The molecule has 1 unspecified atom stereocenters. The molecular formula is C13H18BrNO3S. The van der Waals surface area contributed by atoms with Crippen LogP contribution in [-0.4, -0.2) is 37.0 Å². The summed E-state index contributed by atoms with van der Waals surface area (Å²) in [5.41, 5.74) is 0. The molecule has 2 rings (SSSR count). The van der Waals surface area contributed by atoms with Gasteiger partial charge in [-0.2, -0.15) is 4.31 Å². The van der Waals surface area contributed by atoms with Gasteiger partial charge in [0.15, 0.2) is 0 Å². The second-order valence-electron chi connectivity index (χ2n) is 4.71. The first-order valence-corrected chi connectivity index (χ1v) is 8.68. The van der Waals surface area contributed by atoms with Crippen LogP contribution in [-0.2, 0) is 10.0 Å². The smallest absolute Gasteiger partial charge is 0.244 e. The van der Waals surface area contributed by atoms with Crippen LogP contribution in [0.2, 0.25) is 0 Å². The second-order valence-corrected chi connectivity index (χ2v) is 7.42. The summed E-state index contributed by atoms with van der Waals surface area (Å²) in [7, 11) is -3.49. The predicted molar refractivity (Wildman–Crippen MR) is 77.4 cm³/mol. The van der Waals surface area contributed by atoms with Crippen LogP contribution in [0.4, 0.5) is 0 Å². The maximum Gasteiger partial charge on any atom is 0.244 e. The van der Waals surface area contributed by atoms with E-state index in [-0.39, 0.29) is 12.6 Å². The van der Waals surface area contributed by atoms with Gasteiger partial charge >= 0.3 is 0 Å². The molecule has 1 fully saturated rings. The van der Waals surface area contributed by atoms with Crippen LogP contribution >= 0.6 is 15.9 Å². The van der Waals surface area contributed by atoms with Crippen LogP contribution in [0, 0.1) is 0 Å². The second kappa shape index (κ2) is 6.35. The Kier molecular flexibility index (Phi) is 5.00. The molecule has 1 N–H and O–H groups in total. The van der Waals surface area contributed by atoms with E-state index in [0.29, 0.717) is 22.3 Å². The molecule has 19 heavy (non-hydrogen) atoms. The first kappa shape index (κ1) is 15.0. The first-order chi connectivity index (χ1) is 9.07. The normalized spacial score (nSPS) is 21.5. The SMILES string of the molecule is O=S(=O)(c1ccccc1Br)N1CCCCC1CCO. The van der Waals surface area contributed by atoms with Gasteiger partial charge in [0.2, 0.25) is 10.0 Å². The maximum atomic E-state index is 12.7. The molecule has 0 aliphatic carbocycles. The summed E-state index contributed by atoms with van der Waals surface area (Å²) >= 11 is 3.30. The molecule has 6 heteroatoms. The van der Waals surface area contributed by atoms with E-state index in [1.807, 2.05) is 0 Å². The molecule has 1 atom stereocenters. The van der Waals surface area contributed by atoms with Crippen molar-refractivity contribution >= 4 is 26.0 Å². The van der Waals surface area contributed by atoms with Crippen molar-refractivity contribution < 1.29 is 13.5 Å². The Morgan fingerprint density at radius 2 is 2.05 bits per heavy atom. The van der Waals surface area contributed by atoms with Gasteiger partial charge < -0.3 is 5.11 Å². The van der Waals surface area contributed by atoms with Crippen molar-refractivity contribution in [1.82, 2.24) is 4.31 Å². The molecule has 1 saturated heterocycles. The summed E-state index contributed by atoms with van der Waals surface area (Å²) in [5, 5.41) is 9.10. The summed E-state index contributed by atoms with van der Waals surface area (Å²) in [6, 6.07) is 6.78. The number of halogens is 1. The highest BCUT2D eigenvalue weighted by molar-refractivity contribution is 9.10. The molecule has 1 aliphatic heterocycles. The lowest BCUT2D eigenvalue weighted by Gasteiger charge is -2.34. The van der Waals surface area contributed by atoms with Crippen molar-refractivity contribution in [3.8, 4) is 0 Å². The number of aliphatic hydroxyl groups is 1. The Morgan fingerprint density at radius 3 is 2.74 bits per heavy atom. The molecule has 0 spiro atoms.